The molecule has 1 aromatic carbocycles. The molecule has 3 rings (SSSR count). The Morgan fingerprint density at radius 2 is 2.30 bits per heavy atom. The van der Waals surface area contributed by atoms with Gasteiger partial charge in [-0.1, -0.05) is 15.9 Å². The summed E-state index contributed by atoms with van der Waals surface area (Å²) in [4.78, 5) is 4.44. The van der Waals surface area contributed by atoms with Crippen LogP contribution in [0, 0.1) is 0 Å². The number of hydrogen-bond acceptors (Lipinski definition) is 4. The largest absolute Gasteiger partial charge is 0.439 e. The summed E-state index contributed by atoms with van der Waals surface area (Å²) in [5, 5.41) is 7.49. The van der Waals surface area contributed by atoms with Crippen molar-refractivity contribution in [3.05, 3.63) is 47.0 Å². The number of rotatable bonds is 6. The number of oxazole rings is 1. The lowest BCUT2D eigenvalue weighted by atomic mass is 10.3. The first kappa shape index (κ1) is 13.3. The van der Waals surface area contributed by atoms with Crippen molar-refractivity contribution in [1.82, 2.24) is 20.1 Å². The molecule has 5 nitrogen and oxygen atoms in total. The molecule has 0 fully saturated rings. The van der Waals surface area contributed by atoms with Gasteiger partial charge in [-0.3, -0.25) is 4.68 Å². The number of hydrogen-bond donors (Lipinski definition) is 1. The van der Waals surface area contributed by atoms with Crippen LogP contribution in [0.3, 0.4) is 0 Å². The van der Waals surface area contributed by atoms with Crippen LogP contribution in [0.4, 0.5) is 0 Å². The molecule has 0 spiro atoms. The second kappa shape index (κ2) is 6.19. The molecule has 0 radical (unpaired) electrons. The minimum absolute atomic E-state index is 0.644. The minimum Gasteiger partial charge on any atom is -0.439 e. The maximum atomic E-state index is 5.66. The summed E-state index contributed by atoms with van der Waals surface area (Å²) in [6.07, 6.45) is 4.79. The molecular formula is C14H15BrN4O. The van der Waals surface area contributed by atoms with Crippen LogP contribution in [0.5, 0.6) is 0 Å². The first-order valence-corrected chi connectivity index (χ1v) is 7.34. The molecule has 0 aliphatic heterocycles. The average molecular weight is 335 g/mol. The number of halogens is 1. The van der Waals surface area contributed by atoms with Crippen molar-refractivity contribution < 1.29 is 4.42 Å². The predicted octanol–water partition coefficient (Wildman–Crippen LogP) is 2.97. The summed E-state index contributed by atoms with van der Waals surface area (Å²) < 4.78 is 8.60. The van der Waals surface area contributed by atoms with E-state index in [4.69, 9.17) is 4.42 Å². The number of aryl methyl sites for hydroxylation is 1. The Bertz CT molecular complexity index is 678. The second-order valence-electron chi connectivity index (χ2n) is 4.52. The van der Waals surface area contributed by atoms with E-state index in [-0.39, 0.29) is 0 Å². The lowest BCUT2D eigenvalue weighted by Gasteiger charge is -2.02. The van der Waals surface area contributed by atoms with E-state index in [1.807, 2.05) is 35.1 Å². The van der Waals surface area contributed by atoms with Gasteiger partial charge in [0.25, 0.3) is 0 Å². The van der Waals surface area contributed by atoms with Gasteiger partial charge in [0.2, 0.25) is 5.89 Å². The lowest BCUT2D eigenvalue weighted by molar-refractivity contribution is 0.479. The fraction of sp³-hybridized carbons (Fsp3) is 0.286. The lowest BCUT2D eigenvalue weighted by Crippen LogP contribution is -2.16. The van der Waals surface area contributed by atoms with Gasteiger partial charge in [0, 0.05) is 23.4 Å². The van der Waals surface area contributed by atoms with E-state index in [9.17, 15) is 0 Å². The zero-order valence-corrected chi connectivity index (χ0v) is 12.5. The molecule has 20 heavy (non-hydrogen) atoms. The maximum Gasteiger partial charge on any atom is 0.209 e. The highest BCUT2D eigenvalue weighted by molar-refractivity contribution is 9.10. The van der Waals surface area contributed by atoms with Crippen molar-refractivity contribution >= 4 is 27.0 Å². The van der Waals surface area contributed by atoms with Gasteiger partial charge in [0.15, 0.2) is 5.58 Å². The van der Waals surface area contributed by atoms with E-state index in [0.717, 1.165) is 41.0 Å². The summed E-state index contributed by atoms with van der Waals surface area (Å²) in [6, 6.07) is 7.77. The molecule has 0 bridgehead atoms. The first-order valence-electron chi connectivity index (χ1n) is 6.54. The van der Waals surface area contributed by atoms with Gasteiger partial charge in [-0.15, -0.1) is 0 Å². The Morgan fingerprint density at radius 3 is 3.15 bits per heavy atom. The molecule has 2 heterocycles. The van der Waals surface area contributed by atoms with E-state index in [1.54, 1.807) is 6.20 Å². The van der Waals surface area contributed by atoms with Crippen molar-refractivity contribution in [2.75, 3.05) is 6.54 Å². The highest BCUT2D eigenvalue weighted by Crippen LogP contribution is 2.20. The van der Waals surface area contributed by atoms with Gasteiger partial charge in [-0.2, -0.15) is 5.10 Å². The average Bonchev–Trinajstić information content (AvgIpc) is 3.06. The predicted molar refractivity (Wildman–Crippen MR) is 80.3 cm³/mol. The Morgan fingerprint density at radius 1 is 1.35 bits per heavy atom. The molecule has 104 valence electrons. The summed E-state index contributed by atoms with van der Waals surface area (Å²) in [5.41, 5.74) is 1.70. The highest BCUT2D eigenvalue weighted by atomic mass is 79.9. The number of aromatic nitrogens is 3. The van der Waals surface area contributed by atoms with Gasteiger partial charge >= 0.3 is 0 Å². The molecule has 0 aliphatic carbocycles. The van der Waals surface area contributed by atoms with Gasteiger partial charge in [0.05, 0.1) is 6.54 Å². The zero-order valence-electron chi connectivity index (χ0n) is 10.9. The van der Waals surface area contributed by atoms with Crippen LogP contribution >= 0.6 is 15.9 Å². The van der Waals surface area contributed by atoms with Gasteiger partial charge in [-0.25, -0.2) is 4.98 Å². The molecule has 2 aromatic heterocycles. The molecule has 0 saturated heterocycles. The number of benzene rings is 1. The smallest absolute Gasteiger partial charge is 0.209 e. The molecule has 1 N–H and O–H groups in total. The molecule has 0 amide bonds. The summed E-state index contributed by atoms with van der Waals surface area (Å²) in [7, 11) is 0. The van der Waals surface area contributed by atoms with Crippen molar-refractivity contribution in [2.45, 2.75) is 19.5 Å². The molecule has 0 atom stereocenters. The SMILES string of the molecule is Brc1ccc2oc(CNCCCn3cccn3)nc2c1. The minimum atomic E-state index is 0.644. The molecular weight excluding hydrogens is 320 g/mol. The standard InChI is InChI=1S/C14H15BrN4O/c15-11-3-4-13-12(9-11)18-14(20-13)10-16-5-1-7-19-8-2-6-17-19/h2-4,6,8-9,16H,1,5,7,10H2. The van der Waals surface area contributed by atoms with Gasteiger partial charge in [0.1, 0.15) is 5.52 Å². The summed E-state index contributed by atoms with van der Waals surface area (Å²) in [5.74, 6) is 0.720. The Kier molecular flexibility index (Phi) is 4.13. The molecule has 3 aromatic rings. The Labute approximate surface area is 125 Å². The maximum absolute atomic E-state index is 5.66. The van der Waals surface area contributed by atoms with Crippen molar-refractivity contribution in [3.63, 3.8) is 0 Å². The summed E-state index contributed by atoms with van der Waals surface area (Å²) in [6.45, 7) is 2.47. The monoisotopic (exact) mass is 334 g/mol. The van der Waals surface area contributed by atoms with Crippen molar-refractivity contribution in [2.24, 2.45) is 0 Å². The molecule has 0 saturated carbocycles. The van der Waals surface area contributed by atoms with E-state index in [2.05, 4.69) is 31.3 Å². The zero-order chi connectivity index (χ0) is 13.8. The van der Waals surface area contributed by atoms with E-state index in [1.165, 1.54) is 0 Å². The third kappa shape index (κ3) is 3.26. The number of nitrogens with one attached hydrogen (secondary N) is 1. The van der Waals surface area contributed by atoms with Crippen LogP contribution in [0.1, 0.15) is 12.3 Å². The number of nitrogens with zero attached hydrogens (tertiary/aromatic N) is 3. The van der Waals surface area contributed by atoms with Crippen molar-refractivity contribution in [1.29, 1.82) is 0 Å². The Hall–Kier alpha value is -1.66. The van der Waals surface area contributed by atoms with E-state index in [0.29, 0.717) is 6.54 Å². The van der Waals surface area contributed by atoms with Crippen LogP contribution < -0.4 is 5.32 Å². The molecule has 0 aliphatic rings. The third-order valence-electron chi connectivity index (χ3n) is 2.97. The van der Waals surface area contributed by atoms with Crippen LogP contribution in [0.2, 0.25) is 0 Å². The molecule has 6 heteroatoms. The fourth-order valence-corrected chi connectivity index (χ4v) is 2.37. The van der Waals surface area contributed by atoms with Crippen LogP contribution in [0.15, 0.2) is 45.5 Å². The Balaban J connectivity index is 1.47. The van der Waals surface area contributed by atoms with Crippen LogP contribution in [-0.4, -0.2) is 21.3 Å². The van der Waals surface area contributed by atoms with Crippen molar-refractivity contribution in [3.8, 4) is 0 Å². The highest BCUT2D eigenvalue weighted by Gasteiger charge is 2.05. The fourth-order valence-electron chi connectivity index (χ4n) is 2.02. The first-order chi connectivity index (χ1) is 9.81. The summed E-state index contributed by atoms with van der Waals surface area (Å²) >= 11 is 3.43. The topological polar surface area (TPSA) is 55.9 Å². The molecule has 0 unspecified atom stereocenters. The van der Waals surface area contributed by atoms with Crippen LogP contribution in [0.25, 0.3) is 11.1 Å². The third-order valence-corrected chi connectivity index (χ3v) is 3.46. The van der Waals surface area contributed by atoms with E-state index < -0.39 is 0 Å². The number of fused-ring (bicyclic) bond motifs is 1. The second-order valence-corrected chi connectivity index (χ2v) is 5.43. The van der Waals surface area contributed by atoms with Gasteiger partial charge in [-0.05, 0) is 37.2 Å². The quantitative estimate of drug-likeness (QED) is 0.704. The van der Waals surface area contributed by atoms with E-state index >= 15 is 0 Å². The normalized spacial score (nSPS) is 11.2. The van der Waals surface area contributed by atoms with Gasteiger partial charge < -0.3 is 9.73 Å². The van der Waals surface area contributed by atoms with Crippen LogP contribution in [-0.2, 0) is 13.1 Å².